The van der Waals surface area contributed by atoms with E-state index in [0.29, 0.717) is 5.39 Å². The first-order chi connectivity index (χ1) is 6.59. The highest BCUT2D eigenvalue weighted by molar-refractivity contribution is 14.1. The quantitative estimate of drug-likeness (QED) is 0.652. The van der Waals surface area contributed by atoms with Crippen molar-refractivity contribution in [2.75, 3.05) is 0 Å². The van der Waals surface area contributed by atoms with E-state index in [2.05, 4.69) is 45.2 Å². The monoisotopic (exact) mass is 412 g/mol. The number of hydrogen-bond acceptors (Lipinski definition) is 2. The van der Waals surface area contributed by atoms with Crippen molar-refractivity contribution in [1.82, 2.24) is 0 Å². The van der Waals surface area contributed by atoms with Crippen molar-refractivity contribution in [3.63, 3.8) is 0 Å². The van der Waals surface area contributed by atoms with Crippen LogP contribution in [-0.4, -0.2) is 10.2 Å². The third kappa shape index (κ3) is 1.65. The van der Waals surface area contributed by atoms with E-state index in [1.54, 1.807) is 12.1 Å². The summed E-state index contributed by atoms with van der Waals surface area (Å²) in [7, 11) is 0. The molecule has 2 aromatic rings. The van der Waals surface area contributed by atoms with Gasteiger partial charge in [-0.3, -0.25) is 0 Å². The Hall–Kier alpha value is -0.240. The molecule has 0 spiro atoms. The summed E-state index contributed by atoms with van der Waals surface area (Å²) in [4.78, 5) is 0. The molecule has 2 nitrogen and oxygen atoms in total. The summed E-state index contributed by atoms with van der Waals surface area (Å²) >= 11 is 4.27. The van der Waals surface area contributed by atoms with Crippen molar-refractivity contribution in [3.05, 3.63) is 31.4 Å². The fourth-order valence-electron chi connectivity index (χ4n) is 1.30. The second kappa shape index (κ2) is 3.73. The molecule has 0 atom stereocenters. The molecule has 0 aliphatic heterocycles. The summed E-state index contributed by atoms with van der Waals surface area (Å²) in [6.45, 7) is 0. The summed E-state index contributed by atoms with van der Waals surface area (Å²) in [5.74, 6) is 0.405. The minimum Gasteiger partial charge on any atom is -0.507 e. The average Bonchev–Trinajstić information content (AvgIpc) is 2.15. The minimum absolute atomic E-state index is 0.201. The molecule has 0 unspecified atom stereocenters. The topological polar surface area (TPSA) is 40.5 Å². The van der Waals surface area contributed by atoms with Gasteiger partial charge in [0.2, 0.25) is 0 Å². The van der Waals surface area contributed by atoms with Gasteiger partial charge in [-0.05, 0) is 69.4 Å². The number of phenolic OH excluding ortho intramolecular Hbond substituents is 2. The first-order valence-corrected chi connectivity index (χ1v) is 6.05. The highest BCUT2D eigenvalue weighted by atomic mass is 127. The Labute approximate surface area is 108 Å². The zero-order chi connectivity index (χ0) is 10.3. The maximum absolute atomic E-state index is 9.59. The molecule has 4 heteroatoms. The Balaban J connectivity index is 2.94. The number of rotatable bonds is 0. The van der Waals surface area contributed by atoms with Crippen molar-refractivity contribution in [1.29, 1.82) is 0 Å². The lowest BCUT2D eigenvalue weighted by molar-refractivity contribution is 0.469. The molecule has 72 valence electrons. The van der Waals surface area contributed by atoms with Gasteiger partial charge in [0.25, 0.3) is 0 Å². The number of benzene rings is 2. The zero-order valence-electron chi connectivity index (χ0n) is 6.96. The van der Waals surface area contributed by atoms with Crippen LogP contribution in [0, 0.1) is 7.14 Å². The van der Waals surface area contributed by atoms with Crippen LogP contribution in [-0.2, 0) is 0 Å². The molecule has 0 fully saturated rings. The van der Waals surface area contributed by atoms with Crippen molar-refractivity contribution in [3.8, 4) is 11.5 Å². The van der Waals surface area contributed by atoms with Gasteiger partial charge in [0.05, 0.1) is 3.57 Å². The number of fused-ring (bicyclic) bond motifs is 1. The Bertz CT molecular complexity index is 462. The molecule has 0 radical (unpaired) electrons. The van der Waals surface area contributed by atoms with Gasteiger partial charge >= 0.3 is 0 Å². The number of phenols is 2. The molecular weight excluding hydrogens is 406 g/mol. The highest BCUT2D eigenvalue weighted by Gasteiger charge is 2.07. The second-order valence-electron chi connectivity index (χ2n) is 2.92. The fourth-order valence-corrected chi connectivity index (χ4v) is 2.40. The molecule has 0 aliphatic rings. The molecule has 0 amide bonds. The average molecular weight is 412 g/mol. The molecule has 0 saturated carbocycles. The molecule has 14 heavy (non-hydrogen) atoms. The third-order valence-corrected chi connectivity index (χ3v) is 3.81. The smallest absolute Gasteiger partial charge is 0.129 e. The zero-order valence-corrected chi connectivity index (χ0v) is 11.3. The van der Waals surface area contributed by atoms with Gasteiger partial charge in [0, 0.05) is 14.3 Å². The molecule has 2 rings (SSSR count). The van der Waals surface area contributed by atoms with Gasteiger partial charge in [-0.25, -0.2) is 0 Å². The lowest BCUT2D eigenvalue weighted by Crippen LogP contribution is -1.81. The summed E-state index contributed by atoms with van der Waals surface area (Å²) < 4.78 is 1.85. The summed E-state index contributed by atoms with van der Waals surface area (Å²) in [6.07, 6.45) is 0. The van der Waals surface area contributed by atoms with Crippen LogP contribution in [0.4, 0.5) is 0 Å². The van der Waals surface area contributed by atoms with E-state index in [-0.39, 0.29) is 11.5 Å². The molecule has 0 heterocycles. The van der Waals surface area contributed by atoms with Crippen LogP contribution in [0.3, 0.4) is 0 Å². The summed E-state index contributed by atoms with van der Waals surface area (Å²) in [5.41, 5.74) is 0. The van der Waals surface area contributed by atoms with Gasteiger partial charge < -0.3 is 10.2 Å². The van der Waals surface area contributed by atoms with Crippen LogP contribution in [0.2, 0.25) is 0 Å². The number of halogens is 2. The lowest BCUT2D eigenvalue weighted by Gasteiger charge is -2.05. The van der Waals surface area contributed by atoms with Crippen LogP contribution >= 0.6 is 45.2 Å². The van der Waals surface area contributed by atoms with Crippen LogP contribution < -0.4 is 0 Å². The van der Waals surface area contributed by atoms with Gasteiger partial charge in [-0.2, -0.15) is 0 Å². The Kier molecular flexibility index (Phi) is 2.74. The van der Waals surface area contributed by atoms with E-state index < -0.39 is 0 Å². The maximum atomic E-state index is 9.59. The first kappa shape index (κ1) is 10.3. The van der Waals surface area contributed by atoms with Gasteiger partial charge in [-0.15, -0.1) is 0 Å². The normalized spacial score (nSPS) is 10.7. The highest BCUT2D eigenvalue weighted by Crippen LogP contribution is 2.34. The predicted octanol–water partition coefficient (Wildman–Crippen LogP) is 3.46. The van der Waals surface area contributed by atoms with E-state index >= 15 is 0 Å². The van der Waals surface area contributed by atoms with E-state index in [9.17, 15) is 10.2 Å². The lowest BCUT2D eigenvalue weighted by atomic mass is 10.1. The van der Waals surface area contributed by atoms with E-state index in [1.807, 2.05) is 12.1 Å². The van der Waals surface area contributed by atoms with Gasteiger partial charge in [0.1, 0.15) is 11.5 Å². The standard InChI is InChI=1S/C10H6I2O2/c11-7-1-2-9(13)6-4-10(14)8(12)3-5(6)7/h1-4,13-14H. The largest absolute Gasteiger partial charge is 0.507 e. The summed E-state index contributed by atoms with van der Waals surface area (Å²) in [6, 6.07) is 6.95. The Morgan fingerprint density at radius 2 is 1.50 bits per heavy atom. The molecule has 0 aromatic heterocycles. The summed E-state index contributed by atoms with van der Waals surface area (Å²) in [5, 5.41) is 20.8. The van der Waals surface area contributed by atoms with Crippen LogP contribution in [0.15, 0.2) is 24.3 Å². The fraction of sp³-hybridized carbons (Fsp3) is 0. The molecule has 2 aromatic carbocycles. The molecule has 2 N–H and O–H groups in total. The van der Waals surface area contributed by atoms with Gasteiger partial charge in [-0.1, -0.05) is 0 Å². The van der Waals surface area contributed by atoms with Crippen LogP contribution in [0.1, 0.15) is 0 Å². The van der Waals surface area contributed by atoms with Crippen molar-refractivity contribution in [2.45, 2.75) is 0 Å². The molecular formula is C10H6I2O2. The van der Waals surface area contributed by atoms with Crippen molar-refractivity contribution < 1.29 is 10.2 Å². The Morgan fingerprint density at radius 1 is 0.786 bits per heavy atom. The van der Waals surface area contributed by atoms with E-state index in [0.717, 1.165) is 12.5 Å². The molecule has 0 bridgehead atoms. The SMILES string of the molecule is Oc1cc2c(O)ccc(I)c2cc1I. The van der Waals surface area contributed by atoms with E-state index in [4.69, 9.17) is 0 Å². The number of hydrogen-bond donors (Lipinski definition) is 2. The maximum Gasteiger partial charge on any atom is 0.129 e. The Morgan fingerprint density at radius 3 is 2.21 bits per heavy atom. The second-order valence-corrected chi connectivity index (χ2v) is 5.24. The predicted molar refractivity (Wildman–Crippen MR) is 72.7 cm³/mol. The van der Waals surface area contributed by atoms with Crippen molar-refractivity contribution in [2.24, 2.45) is 0 Å². The molecule has 0 saturated heterocycles. The van der Waals surface area contributed by atoms with Gasteiger partial charge in [0.15, 0.2) is 0 Å². The van der Waals surface area contributed by atoms with Crippen molar-refractivity contribution >= 4 is 56.0 Å². The first-order valence-electron chi connectivity index (χ1n) is 3.89. The third-order valence-electron chi connectivity index (χ3n) is 2.01. The molecule has 0 aliphatic carbocycles. The van der Waals surface area contributed by atoms with Crippen LogP contribution in [0.25, 0.3) is 10.8 Å². The minimum atomic E-state index is 0.201. The van der Waals surface area contributed by atoms with Crippen LogP contribution in [0.5, 0.6) is 11.5 Å². The number of aromatic hydroxyl groups is 2. The van der Waals surface area contributed by atoms with E-state index in [1.165, 1.54) is 0 Å².